The van der Waals surface area contributed by atoms with E-state index in [1.807, 2.05) is 0 Å². The molecule has 0 spiro atoms. The van der Waals surface area contributed by atoms with E-state index in [-0.39, 0.29) is 25.0 Å². The summed E-state index contributed by atoms with van der Waals surface area (Å²) in [4.78, 5) is 15.1. The number of ether oxygens (including phenoxy) is 3. The van der Waals surface area contributed by atoms with E-state index < -0.39 is 0 Å². The smallest absolute Gasteiger partial charge is 0.223 e. The lowest BCUT2D eigenvalue weighted by atomic mass is 9.91. The van der Waals surface area contributed by atoms with Crippen molar-refractivity contribution in [2.24, 2.45) is 5.92 Å². The minimum Gasteiger partial charge on any atom is -0.491 e. The average Bonchev–Trinajstić information content (AvgIpc) is 3.29. The van der Waals surface area contributed by atoms with Gasteiger partial charge in [-0.1, -0.05) is 23.2 Å². The van der Waals surface area contributed by atoms with Crippen LogP contribution in [-0.2, 0) is 14.3 Å². The number of fused-ring (bicyclic) bond motifs is 1. The monoisotopic (exact) mass is 480 g/mol. The number of rotatable bonds is 9. The van der Waals surface area contributed by atoms with Crippen LogP contribution in [0.25, 0.3) is 0 Å². The SMILES string of the molecule is O=C(CCOc1cc(Cl)ccc1Cl)NC(CC1C=C2OCCOC2=CC1)CN1CCCC1. The highest BCUT2D eigenvalue weighted by molar-refractivity contribution is 6.34. The molecule has 3 aliphatic rings. The Hall–Kier alpha value is -1.89. The molecule has 6 nitrogen and oxygen atoms in total. The predicted octanol–water partition coefficient (Wildman–Crippen LogP) is 4.57. The largest absolute Gasteiger partial charge is 0.491 e. The van der Waals surface area contributed by atoms with Crippen molar-refractivity contribution in [3.05, 3.63) is 51.9 Å². The first kappa shape index (κ1) is 23.3. The van der Waals surface area contributed by atoms with Crippen molar-refractivity contribution in [2.75, 3.05) is 39.5 Å². The minimum atomic E-state index is -0.0238. The van der Waals surface area contributed by atoms with Crippen molar-refractivity contribution >= 4 is 29.1 Å². The molecule has 1 amide bonds. The van der Waals surface area contributed by atoms with Crippen molar-refractivity contribution in [3.8, 4) is 5.75 Å². The van der Waals surface area contributed by atoms with E-state index in [2.05, 4.69) is 22.4 Å². The lowest BCUT2D eigenvalue weighted by Crippen LogP contribution is -2.44. The first-order chi connectivity index (χ1) is 15.6. The lowest BCUT2D eigenvalue weighted by Gasteiger charge is -2.30. The second-order valence-electron chi connectivity index (χ2n) is 8.47. The second-order valence-corrected chi connectivity index (χ2v) is 9.32. The van der Waals surface area contributed by atoms with E-state index >= 15 is 0 Å². The van der Waals surface area contributed by atoms with Crippen LogP contribution in [0.3, 0.4) is 0 Å². The number of nitrogens with one attached hydrogen (secondary N) is 1. The van der Waals surface area contributed by atoms with Gasteiger partial charge in [0, 0.05) is 23.7 Å². The van der Waals surface area contributed by atoms with Crippen LogP contribution in [0.2, 0.25) is 10.0 Å². The highest BCUT2D eigenvalue weighted by Gasteiger charge is 2.26. The summed E-state index contributed by atoms with van der Waals surface area (Å²) in [7, 11) is 0. The van der Waals surface area contributed by atoms with Gasteiger partial charge in [0.2, 0.25) is 5.91 Å². The van der Waals surface area contributed by atoms with Crippen molar-refractivity contribution in [3.63, 3.8) is 0 Å². The van der Waals surface area contributed by atoms with Gasteiger partial charge in [-0.2, -0.15) is 0 Å². The zero-order valence-corrected chi connectivity index (χ0v) is 19.7. The van der Waals surface area contributed by atoms with Gasteiger partial charge in [-0.3, -0.25) is 4.79 Å². The van der Waals surface area contributed by atoms with Crippen LogP contribution in [0, 0.1) is 5.92 Å². The van der Waals surface area contributed by atoms with Gasteiger partial charge in [-0.15, -0.1) is 0 Å². The van der Waals surface area contributed by atoms with Gasteiger partial charge >= 0.3 is 0 Å². The third-order valence-electron chi connectivity index (χ3n) is 5.94. The molecule has 1 N–H and O–H groups in total. The highest BCUT2D eigenvalue weighted by atomic mass is 35.5. The Labute approximate surface area is 199 Å². The number of amides is 1. The average molecular weight is 481 g/mol. The molecule has 2 heterocycles. The van der Waals surface area contributed by atoms with Gasteiger partial charge in [-0.05, 0) is 69.0 Å². The van der Waals surface area contributed by atoms with Crippen molar-refractivity contribution in [1.82, 2.24) is 10.2 Å². The Kier molecular flexibility index (Phi) is 8.22. The molecule has 8 heteroatoms. The van der Waals surface area contributed by atoms with E-state index in [9.17, 15) is 4.79 Å². The molecule has 1 aliphatic carbocycles. The number of nitrogens with zero attached hydrogens (tertiary/aromatic N) is 1. The van der Waals surface area contributed by atoms with Gasteiger partial charge < -0.3 is 24.4 Å². The number of likely N-dealkylation sites (tertiary alicyclic amines) is 1. The van der Waals surface area contributed by atoms with Crippen molar-refractivity contribution in [2.45, 2.75) is 38.1 Å². The Balaban J connectivity index is 1.30. The topological polar surface area (TPSA) is 60.0 Å². The molecule has 32 heavy (non-hydrogen) atoms. The van der Waals surface area contributed by atoms with E-state index in [4.69, 9.17) is 37.4 Å². The molecule has 2 unspecified atom stereocenters. The fraction of sp³-hybridized carbons (Fsp3) is 0.542. The number of halogens is 2. The maximum absolute atomic E-state index is 12.7. The summed E-state index contributed by atoms with van der Waals surface area (Å²) in [5, 5.41) is 4.26. The Bertz CT molecular complexity index is 868. The maximum Gasteiger partial charge on any atom is 0.223 e. The van der Waals surface area contributed by atoms with Crippen LogP contribution in [0.1, 0.15) is 32.1 Å². The van der Waals surface area contributed by atoms with Gasteiger partial charge in [0.15, 0.2) is 11.5 Å². The first-order valence-corrected chi connectivity index (χ1v) is 12.1. The number of hydrogen-bond donors (Lipinski definition) is 1. The molecule has 0 bridgehead atoms. The van der Waals surface area contributed by atoms with E-state index in [1.54, 1.807) is 18.2 Å². The summed E-state index contributed by atoms with van der Waals surface area (Å²) in [6.45, 7) is 4.48. The molecule has 2 saturated heterocycles. The molecule has 1 aromatic rings. The Morgan fingerprint density at radius 2 is 1.97 bits per heavy atom. The molecule has 2 aliphatic heterocycles. The van der Waals surface area contributed by atoms with Crippen molar-refractivity contribution in [1.29, 1.82) is 0 Å². The summed E-state index contributed by atoms with van der Waals surface area (Å²) in [6, 6.07) is 5.12. The molecular weight excluding hydrogens is 451 g/mol. The molecule has 2 atom stereocenters. The van der Waals surface area contributed by atoms with Crippen LogP contribution < -0.4 is 10.1 Å². The van der Waals surface area contributed by atoms with Crippen LogP contribution in [-0.4, -0.2) is 56.3 Å². The molecule has 4 rings (SSSR count). The van der Waals surface area contributed by atoms with E-state index in [1.165, 1.54) is 12.8 Å². The fourth-order valence-corrected chi connectivity index (χ4v) is 4.74. The molecule has 2 fully saturated rings. The van der Waals surface area contributed by atoms with Gasteiger partial charge in [0.1, 0.15) is 19.0 Å². The quantitative estimate of drug-likeness (QED) is 0.560. The lowest BCUT2D eigenvalue weighted by molar-refractivity contribution is -0.122. The van der Waals surface area contributed by atoms with Gasteiger partial charge in [0.05, 0.1) is 18.1 Å². The first-order valence-electron chi connectivity index (χ1n) is 11.3. The Morgan fingerprint density at radius 1 is 1.19 bits per heavy atom. The number of hydrogen-bond acceptors (Lipinski definition) is 5. The second kappa shape index (κ2) is 11.3. The number of benzene rings is 1. The molecule has 0 radical (unpaired) electrons. The third-order valence-corrected chi connectivity index (χ3v) is 6.49. The van der Waals surface area contributed by atoms with Gasteiger partial charge in [-0.25, -0.2) is 0 Å². The van der Waals surface area contributed by atoms with E-state index in [0.29, 0.717) is 34.9 Å². The highest BCUT2D eigenvalue weighted by Crippen LogP contribution is 2.30. The van der Waals surface area contributed by atoms with Crippen LogP contribution in [0.4, 0.5) is 0 Å². The summed E-state index contributed by atoms with van der Waals surface area (Å²) >= 11 is 12.1. The van der Waals surface area contributed by atoms with Gasteiger partial charge in [0.25, 0.3) is 0 Å². The predicted molar refractivity (Wildman–Crippen MR) is 125 cm³/mol. The van der Waals surface area contributed by atoms with Crippen LogP contribution >= 0.6 is 23.2 Å². The van der Waals surface area contributed by atoms with E-state index in [0.717, 1.165) is 44.0 Å². The molecule has 0 aromatic heterocycles. The number of allylic oxidation sites excluding steroid dienone is 2. The Morgan fingerprint density at radius 3 is 2.78 bits per heavy atom. The molecular formula is C24H30Cl2N2O4. The fourth-order valence-electron chi connectivity index (χ4n) is 4.40. The molecule has 174 valence electrons. The molecule has 1 aromatic carbocycles. The standard InChI is InChI=1S/C24H30Cl2N2O4/c25-18-4-5-20(26)22(15-18)30-10-7-24(29)27-19(16-28-8-1-2-9-28)13-17-3-6-21-23(14-17)32-12-11-31-21/h4-6,14-15,17,19H,1-3,7-13,16H2,(H,27,29). The van der Waals surface area contributed by atoms with Crippen molar-refractivity contribution < 1.29 is 19.0 Å². The number of carbonyl (C=O) groups excluding carboxylic acids is 1. The zero-order valence-electron chi connectivity index (χ0n) is 18.2. The summed E-state index contributed by atoms with van der Waals surface area (Å²) in [6.07, 6.45) is 8.72. The summed E-state index contributed by atoms with van der Waals surface area (Å²) in [5.41, 5.74) is 0. The minimum absolute atomic E-state index is 0.0238. The molecule has 0 saturated carbocycles. The van der Waals surface area contributed by atoms with Crippen LogP contribution in [0.15, 0.2) is 41.9 Å². The zero-order chi connectivity index (χ0) is 22.3. The normalized spacial score (nSPS) is 21.5. The van der Waals surface area contributed by atoms with Crippen LogP contribution in [0.5, 0.6) is 5.75 Å². The summed E-state index contributed by atoms with van der Waals surface area (Å²) in [5.74, 6) is 2.47. The maximum atomic E-state index is 12.7. The third kappa shape index (κ3) is 6.56. The number of carbonyl (C=O) groups is 1. The summed E-state index contributed by atoms with van der Waals surface area (Å²) < 4.78 is 17.1.